The number of hydrogen-bond acceptors (Lipinski definition) is 4. The van der Waals surface area contributed by atoms with Gasteiger partial charge in [0.2, 0.25) is 0 Å². The Hall–Kier alpha value is -2.79. The number of aryl methyl sites for hydroxylation is 3. The summed E-state index contributed by atoms with van der Waals surface area (Å²) in [4.78, 5) is 25.8. The lowest BCUT2D eigenvalue weighted by Crippen LogP contribution is -2.30. The Kier molecular flexibility index (Phi) is 4.40. The van der Waals surface area contributed by atoms with Gasteiger partial charge in [0, 0.05) is 23.3 Å². The van der Waals surface area contributed by atoms with E-state index >= 15 is 0 Å². The van der Waals surface area contributed by atoms with E-state index in [2.05, 4.69) is 34.2 Å². The minimum atomic E-state index is 0.0188. The Labute approximate surface area is 162 Å². The van der Waals surface area contributed by atoms with Gasteiger partial charge < -0.3 is 4.90 Å². The first-order valence-corrected chi connectivity index (χ1v) is 9.86. The topological polar surface area (TPSA) is 46.1 Å². The van der Waals surface area contributed by atoms with Crippen molar-refractivity contribution in [3.8, 4) is 0 Å². The molecule has 0 saturated heterocycles. The lowest BCUT2D eigenvalue weighted by atomic mass is 10.1. The molecule has 0 saturated carbocycles. The van der Waals surface area contributed by atoms with Gasteiger partial charge >= 0.3 is 0 Å². The molecule has 1 amide bonds. The van der Waals surface area contributed by atoms with E-state index in [0.29, 0.717) is 6.54 Å². The van der Waals surface area contributed by atoms with Crippen LogP contribution in [0.25, 0.3) is 21.0 Å². The molecule has 0 fully saturated rings. The van der Waals surface area contributed by atoms with Crippen LogP contribution in [-0.2, 0) is 0 Å². The summed E-state index contributed by atoms with van der Waals surface area (Å²) in [6.45, 7) is 8.47. The first-order valence-electron chi connectivity index (χ1n) is 9.04. The maximum Gasteiger partial charge on any atom is 0.268 e. The highest BCUT2D eigenvalue weighted by Crippen LogP contribution is 2.33. The fourth-order valence-electron chi connectivity index (χ4n) is 3.59. The van der Waals surface area contributed by atoms with E-state index in [-0.39, 0.29) is 5.91 Å². The average molecular weight is 375 g/mol. The smallest absolute Gasteiger partial charge is 0.268 e. The second-order valence-corrected chi connectivity index (χ2v) is 7.67. The third-order valence-electron chi connectivity index (χ3n) is 4.88. The lowest BCUT2D eigenvalue weighted by molar-refractivity contribution is 0.0992. The molecule has 0 N–H and O–H groups in total. The zero-order chi connectivity index (χ0) is 19.1. The quantitative estimate of drug-likeness (QED) is 0.479. The van der Waals surface area contributed by atoms with Gasteiger partial charge in [-0.3, -0.25) is 4.79 Å². The minimum Gasteiger partial charge on any atom is -0.308 e. The molecule has 4 nitrogen and oxygen atoms in total. The summed E-state index contributed by atoms with van der Waals surface area (Å²) in [6, 6.07) is 14.4. The fraction of sp³-hybridized carbons (Fsp3) is 0.227. The van der Waals surface area contributed by atoms with Crippen molar-refractivity contribution >= 4 is 43.9 Å². The first-order chi connectivity index (χ1) is 13.0. The number of hydrogen-bond donors (Lipinski definition) is 0. The third-order valence-corrected chi connectivity index (χ3v) is 6.06. The standard InChI is InChI=1S/C22H21N3OS/c1-5-25(18-11-10-16-8-6-7-9-17(16)12-18)22(26)20-13(2)19-14(3)23-15(4)24-21(19)27-20/h6-12H,5H2,1-4H3. The second-order valence-electron chi connectivity index (χ2n) is 6.67. The normalized spacial score (nSPS) is 11.3. The molecule has 0 aliphatic carbocycles. The zero-order valence-corrected chi connectivity index (χ0v) is 16.7. The predicted octanol–water partition coefficient (Wildman–Crippen LogP) is 5.44. The van der Waals surface area contributed by atoms with Gasteiger partial charge in [-0.1, -0.05) is 30.3 Å². The van der Waals surface area contributed by atoms with Crippen molar-refractivity contribution in [2.45, 2.75) is 27.7 Å². The number of thiophene rings is 1. The van der Waals surface area contributed by atoms with Crippen LogP contribution in [0.4, 0.5) is 5.69 Å². The summed E-state index contributed by atoms with van der Waals surface area (Å²) in [7, 11) is 0. The molecule has 2 heterocycles. The Morgan fingerprint density at radius 1 is 1.04 bits per heavy atom. The molecule has 0 radical (unpaired) electrons. The van der Waals surface area contributed by atoms with Crippen molar-refractivity contribution in [3.63, 3.8) is 0 Å². The van der Waals surface area contributed by atoms with Gasteiger partial charge in [0.1, 0.15) is 10.7 Å². The van der Waals surface area contributed by atoms with E-state index in [4.69, 9.17) is 0 Å². The number of fused-ring (bicyclic) bond motifs is 2. The number of carbonyl (C=O) groups is 1. The van der Waals surface area contributed by atoms with Gasteiger partial charge in [-0.15, -0.1) is 11.3 Å². The summed E-state index contributed by atoms with van der Waals surface area (Å²) in [5.74, 6) is 0.757. The molecule has 0 atom stereocenters. The van der Waals surface area contributed by atoms with Crippen LogP contribution in [0.2, 0.25) is 0 Å². The first kappa shape index (κ1) is 17.6. The molecule has 4 rings (SSSR count). The molecule has 2 aromatic carbocycles. The van der Waals surface area contributed by atoms with Crippen LogP contribution in [0, 0.1) is 20.8 Å². The molecule has 0 unspecified atom stereocenters. The van der Waals surface area contributed by atoms with E-state index in [1.165, 1.54) is 16.7 Å². The van der Waals surface area contributed by atoms with Crippen LogP contribution in [-0.4, -0.2) is 22.4 Å². The predicted molar refractivity (Wildman–Crippen MR) is 113 cm³/mol. The molecular weight excluding hydrogens is 354 g/mol. The summed E-state index contributed by atoms with van der Waals surface area (Å²) >= 11 is 1.46. The number of aromatic nitrogens is 2. The van der Waals surface area contributed by atoms with Crippen LogP contribution in [0.5, 0.6) is 0 Å². The van der Waals surface area contributed by atoms with E-state index in [1.54, 1.807) is 0 Å². The SMILES string of the molecule is CCN(C(=O)c1sc2nc(C)nc(C)c2c1C)c1ccc2ccccc2c1. The van der Waals surface area contributed by atoms with Gasteiger partial charge in [0.15, 0.2) is 0 Å². The molecule has 0 aliphatic heterocycles. The monoisotopic (exact) mass is 375 g/mol. The average Bonchev–Trinajstić information content (AvgIpc) is 2.98. The Morgan fingerprint density at radius 3 is 2.52 bits per heavy atom. The van der Waals surface area contributed by atoms with Crippen LogP contribution in [0.3, 0.4) is 0 Å². The highest BCUT2D eigenvalue weighted by Gasteiger charge is 2.23. The molecule has 2 aromatic heterocycles. The molecule has 0 aliphatic rings. The van der Waals surface area contributed by atoms with Gasteiger partial charge in [0.25, 0.3) is 5.91 Å². The number of rotatable bonds is 3. The summed E-state index contributed by atoms with van der Waals surface area (Å²) in [5.41, 5.74) is 2.81. The minimum absolute atomic E-state index is 0.0188. The van der Waals surface area contributed by atoms with Crippen molar-refractivity contribution in [2.24, 2.45) is 0 Å². The largest absolute Gasteiger partial charge is 0.308 e. The van der Waals surface area contributed by atoms with Crippen LogP contribution in [0.15, 0.2) is 42.5 Å². The van der Waals surface area contributed by atoms with E-state index in [9.17, 15) is 4.79 Å². The summed E-state index contributed by atoms with van der Waals surface area (Å²) < 4.78 is 0. The van der Waals surface area contributed by atoms with E-state index in [1.807, 2.05) is 50.8 Å². The molecule has 27 heavy (non-hydrogen) atoms. The molecular formula is C22H21N3OS. The van der Waals surface area contributed by atoms with Crippen LogP contribution < -0.4 is 4.90 Å². The Balaban J connectivity index is 1.80. The van der Waals surface area contributed by atoms with E-state index in [0.717, 1.165) is 43.2 Å². The summed E-state index contributed by atoms with van der Waals surface area (Å²) in [5, 5.41) is 3.30. The van der Waals surface area contributed by atoms with Crippen molar-refractivity contribution in [3.05, 3.63) is 64.4 Å². The fourth-order valence-corrected chi connectivity index (χ4v) is 4.81. The molecule has 0 bridgehead atoms. The zero-order valence-electron chi connectivity index (χ0n) is 15.9. The molecule has 5 heteroatoms. The van der Waals surface area contributed by atoms with Crippen LogP contribution >= 0.6 is 11.3 Å². The third kappa shape index (κ3) is 2.98. The van der Waals surface area contributed by atoms with Crippen LogP contribution in [0.1, 0.15) is 33.7 Å². The Morgan fingerprint density at radius 2 is 1.78 bits per heavy atom. The van der Waals surface area contributed by atoms with Gasteiger partial charge in [-0.05, 0) is 56.2 Å². The summed E-state index contributed by atoms with van der Waals surface area (Å²) in [6.07, 6.45) is 0. The van der Waals surface area contributed by atoms with Gasteiger partial charge in [-0.2, -0.15) is 0 Å². The van der Waals surface area contributed by atoms with Crippen molar-refractivity contribution in [2.75, 3.05) is 11.4 Å². The maximum absolute atomic E-state index is 13.4. The van der Waals surface area contributed by atoms with Crippen molar-refractivity contribution in [1.82, 2.24) is 9.97 Å². The second kappa shape index (κ2) is 6.74. The number of carbonyl (C=O) groups excluding carboxylic acids is 1. The number of amides is 1. The van der Waals surface area contributed by atoms with E-state index < -0.39 is 0 Å². The number of benzene rings is 2. The lowest BCUT2D eigenvalue weighted by Gasteiger charge is -2.21. The Bertz CT molecular complexity index is 1180. The van der Waals surface area contributed by atoms with Gasteiger partial charge in [-0.25, -0.2) is 9.97 Å². The van der Waals surface area contributed by atoms with Gasteiger partial charge in [0.05, 0.1) is 4.88 Å². The van der Waals surface area contributed by atoms with Crippen molar-refractivity contribution < 1.29 is 4.79 Å². The van der Waals surface area contributed by atoms with Crippen molar-refractivity contribution in [1.29, 1.82) is 0 Å². The number of nitrogens with zero attached hydrogens (tertiary/aromatic N) is 3. The highest BCUT2D eigenvalue weighted by molar-refractivity contribution is 7.20. The molecule has 0 spiro atoms. The maximum atomic E-state index is 13.4. The molecule has 136 valence electrons. The highest BCUT2D eigenvalue weighted by atomic mass is 32.1. The molecule has 4 aromatic rings. The number of anilines is 1.